The third-order valence-corrected chi connectivity index (χ3v) is 5.68. The lowest BCUT2D eigenvalue weighted by Crippen LogP contribution is -2.25. The number of nitrogens with zero attached hydrogens (tertiary/aromatic N) is 1. The second kappa shape index (κ2) is 7.41. The number of sulfonamides is 1. The molecule has 6 nitrogen and oxygen atoms in total. The van der Waals surface area contributed by atoms with E-state index in [0.717, 1.165) is 10.8 Å². The van der Waals surface area contributed by atoms with E-state index in [-0.39, 0.29) is 22.0 Å². The first-order chi connectivity index (χ1) is 12.4. The highest BCUT2D eigenvalue weighted by molar-refractivity contribution is 7.89. The number of fused-ring (bicyclic) bond motifs is 1. The highest BCUT2D eigenvalue weighted by atomic mass is 35.5. The van der Waals surface area contributed by atoms with Crippen LogP contribution in [0.1, 0.15) is 16.1 Å². The maximum Gasteiger partial charge on any atom is 0.253 e. The first-order valence-corrected chi connectivity index (χ1v) is 9.62. The molecule has 0 aliphatic carbocycles. The van der Waals surface area contributed by atoms with Crippen LogP contribution in [0, 0.1) is 0 Å². The Labute approximate surface area is 156 Å². The van der Waals surface area contributed by atoms with Gasteiger partial charge in [0.05, 0.1) is 27.7 Å². The monoisotopic (exact) mass is 389 g/mol. The summed E-state index contributed by atoms with van der Waals surface area (Å²) in [5.74, 6) is -0.474. The van der Waals surface area contributed by atoms with Crippen molar-refractivity contribution in [3.05, 3.63) is 71.0 Å². The SMILES string of the molecule is CNS(=O)(=O)c1ccc(Cl)c(C(=O)NCc2nccc3ccccc23)c1. The number of pyridine rings is 1. The Bertz CT molecular complexity index is 1080. The van der Waals surface area contributed by atoms with E-state index in [0.29, 0.717) is 5.69 Å². The van der Waals surface area contributed by atoms with Gasteiger partial charge in [0, 0.05) is 11.6 Å². The predicted octanol–water partition coefficient (Wildman–Crippen LogP) is 2.73. The maximum atomic E-state index is 12.5. The number of hydrogen-bond acceptors (Lipinski definition) is 4. The second-order valence-electron chi connectivity index (χ2n) is 5.51. The Balaban J connectivity index is 1.85. The van der Waals surface area contributed by atoms with Gasteiger partial charge >= 0.3 is 0 Å². The van der Waals surface area contributed by atoms with Crippen molar-refractivity contribution in [2.75, 3.05) is 7.05 Å². The molecule has 3 aromatic rings. The molecule has 0 aliphatic heterocycles. The lowest BCUT2D eigenvalue weighted by molar-refractivity contribution is 0.0950. The molecule has 134 valence electrons. The van der Waals surface area contributed by atoms with E-state index in [2.05, 4.69) is 15.0 Å². The Morgan fingerprint density at radius 2 is 1.92 bits per heavy atom. The van der Waals surface area contributed by atoms with Crippen molar-refractivity contribution in [3.63, 3.8) is 0 Å². The molecule has 0 atom stereocenters. The van der Waals surface area contributed by atoms with E-state index >= 15 is 0 Å². The van der Waals surface area contributed by atoms with Gasteiger partial charge in [-0.1, -0.05) is 35.9 Å². The predicted molar refractivity (Wildman–Crippen MR) is 101 cm³/mol. The molecule has 0 radical (unpaired) electrons. The van der Waals surface area contributed by atoms with Crippen LogP contribution in [0.2, 0.25) is 5.02 Å². The molecule has 0 saturated heterocycles. The van der Waals surface area contributed by atoms with Gasteiger partial charge < -0.3 is 5.32 Å². The van der Waals surface area contributed by atoms with Crippen LogP contribution < -0.4 is 10.0 Å². The van der Waals surface area contributed by atoms with Crippen molar-refractivity contribution in [2.45, 2.75) is 11.4 Å². The molecule has 26 heavy (non-hydrogen) atoms. The number of nitrogens with one attached hydrogen (secondary N) is 2. The Kier molecular flexibility index (Phi) is 5.22. The highest BCUT2D eigenvalue weighted by Crippen LogP contribution is 2.21. The molecular weight excluding hydrogens is 374 g/mol. The van der Waals surface area contributed by atoms with Crippen LogP contribution in [0.4, 0.5) is 0 Å². The molecular formula is C18H16ClN3O3S. The molecule has 1 amide bonds. The zero-order chi connectivity index (χ0) is 18.7. The minimum atomic E-state index is -3.67. The van der Waals surface area contributed by atoms with E-state index in [4.69, 9.17) is 11.6 Å². The summed E-state index contributed by atoms with van der Waals surface area (Å²) in [5, 5.41) is 4.87. The zero-order valence-corrected chi connectivity index (χ0v) is 15.4. The van der Waals surface area contributed by atoms with Crippen LogP contribution in [0.3, 0.4) is 0 Å². The van der Waals surface area contributed by atoms with Crippen molar-refractivity contribution < 1.29 is 13.2 Å². The minimum absolute atomic E-state index is 0.0298. The van der Waals surface area contributed by atoms with Gasteiger partial charge in [-0.05, 0) is 36.7 Å². The second-order valence-corrected chi connectivity index (χ2v) is 7.80. The fourth-order valence-corrected chi connectivity index (χ4v) is 3.50. The van der Waals surface area contributed by atoms with Gasteiger partial charge in [-0.3, -0.25) is 9.78 Å². The van der Waals surface area contributed by atoms with Crippen LogP contribution in [0.25, 0.3) is 10.8 Å². The first-order valence-electron chi connectivity index (χ1n) is 7.76. The highest BCUT2D eigenvalue weighted by Gasteiger charge is 2.17. The number of carbonyl (C=O) groups excluding carboxylic acids is 1. The largest absolute Gasteiger partial charge is 0.346 e. The summed E-state index contributed by atoms with van der Waals surface area (Å²) in [7, 11) is -2.37. The first kappa shape index (κ1) is 18.3. The van der Waals surface area contributed by atoms with Crippen molar-refractivity contribution in [1.29, 1.82) is 0 Å². The van der Waals surface area contributed by atoms with E-state index < -0.39 is 15.9 Å². The fourth-order valence-electron chi connectivity index (χ4n) is 2.55. The number of carbonyl (C=O) groups is 1. The molecule has 2 aromatic carbocycles. The third kappa shape index (κ3) is 3.70. The van der Waals surface area contributed by atoms with Crippen LogP contribution in [0.5, 0.6) is 0 Å². The topological polar surface area (TPSA) is 88.2 Å². The van der Waals surface area contributed by atoms with Gasteiger partial charge in [-0.25, -0.2) is 13.1 Å². The number of amides is 1. The maximum absolute atomic E-state index is 12.5. The molecule has 8 heteroatoms. The van der Waals surface area contributed by atoms with Gasteiger partial charge in [-0.2, -0.15) is 0 Å². The normalized spacial score (nSPS) is 11.5. The number of benzene rings is 2. The van der Waals surface area contributed by atoms with Crippen molar-refractivity contribution in [3.8, 4) is 0 Å². The van der Waals surface area contributed by atoms with Gasteiger partial charge in [0.1, 0.15) is 0 Å². The molecule has 0 fully saturated rings. The number of rotatable bonds is 5. The van der Waals surface area contributed by atoms with Gasteiger partial charge in [0.2, 0.25) is 10.0 Å². The number of hydrogen-bond donors (Lipinski definition) is 2. The van der Waals surface area contributed by atoms with E-state index in [1.165, 1.54) is 25.2 Å². The van der Waals surface area contributed by atoms with E-state index in [9.17, 15) is 13.2 Å². The lowest BCUT2D eigenvalue weighted by Gasteiger charge is -2.10. The lowest BCUT2D eigenvalue weighted by atomic mass is 10.1. The summed E-state index contributed by atoms with van der Waals surface area (Å²) in [5.41, 5.74) is 0.801. The standard InChI is InChI=1S/C18H16ClN3O3S/c1-20-26(24,25)13-6-7-16(19)15(10-13)18(23)22-11-17-14-5-3-2-4-12(14)8-9-21-17/h2-10,20H,11H2,1H3,(H,22,23). The summed E-state index contributed by atoms with van der Waals surface area (Å²) < 4.78 is 26.0. The smallest absolute Gasteiger partial charge is 0.253 e. The average molecular weight is 390 g/mol. The molecule has 0 aliphatic rings. The molecule has 0 saturated carbocycles. The quantitative estimate of drug-likeness (QED) is 0.702. The van der Waals surface area contributed by atoms with Crippen molar-refractivity contribution in [1.82, 2.24) is 15.0 Å². The molecule has 0 bridgehead atoms. The van der Waals surface area contributed by atoms with Crippen molar-refractivity contribution >= 4 is 38.3 Å². The van der Waals surface area contributed by atoms with Gasteiger partial charge in [0.25, 0.3) is 5.91 Å². The van der Waals surface area contributed by atoms with Gasteiger partial charge in [-0.15, -0.1) is 0 Å². The summed E-state index contributed by atoms with van der Waals surface area (Å²) in [4.78, 5) is 16.8. The van der Waals surface area contributed by atoms with Crippen LogP contribution >= 0.6 is 11.6 Å². The Morgan fingerprint density at radius 3 is 2.69 bits per heavy atom. The van der Waals surface area contributed by atoms with Crippen molar-refractivity contribution in [2.24, 2.45) is 0 Å². The molecule has 2 N–H and O–H groups in total. The van der Waals surface area contributed by atoms with E-state index in [1.54, 1.807) is 6.20 Å². The van der Waals surface area contributed by atoms with Crippen LogP contribution in [0.15, 0.2) is 59.6 Å². The summed E-state index contributed by atoms with van der Waals surface area (Å²) in [6, 6.07) is 13.6. The molecule has 1 heterocycles. The molecule has 1 aromatic heterocycles. The molecule has 0 unspecified atom stereocenters. The third-order valence-electron chi connectivity index (χ3n) is 3.93. The Hall–Kier alpha value is -2.48. The average Bonchev–Trinajstić information content (AvgIpc) is 2.66. The molecule has 0 spiro atoms. The minimum Gasteiger partial charge on any atom is -0.346 e. The van der Waals surface area contributed by atoms with Gasteiger partial charge in [0.15, 0.2) is 0 Å². The Morgan fingerprint density at radius 1 is 1.15 bits per heavy atom. The fraction of sp³-hybridized carbons (Fsp3) is 0.111. The number of aromatic nitrogens is 1. The van der Waals surface area contributed by atoms with Crippen LogP contribution in [-0.2, 0) is 16.6 Å². The zero-order valence-electron chi connectivity index (χ0n) is 13.9. The summed E-state index contributed by atoms with van der Waals surface area (Å²) >= 11 is 6.07. The van der Waals surface area contributed by atoms with Crippen LogP contribution in [-0.4, -0.2) is 26.4 Å². The number of halogens is 1. The summed E-state index contributed by atoms with van der Waals surface area (Å²) in [6.45, 7) is 0.194. The summed E-state index contributed by atoms with van der Waals surface area (Å²) in [6.07, 6.45) is 1.68. The molecule has 3 rings (SSSR count). The van der Waals surface area contributed by atoms with E-state index in [1.807, 2.05) is 30.3 Å².